The number of alkyl halides is 6. The number of aliphatic carboxylic acids is 2. The summed E-state index contributed by atoms with van der Waals surface area (Å²) in [6.07, 6.45) is -8.43. The lowest BCUT2D eigenvalue weighted by Crippen LogP contribution is -2.42. The van der Waals surface area contributed by atoms with E-state index in [2.05, 4.69) is 32.0 Å². The van der Waals surface area contributed by atoms with Crippen molar-refractivity contribution in [1.29, 1.82) is 0 Å². The van der Waals surface area contributed by atoms with Gasteiger partial charge in [0.2, 0.25) is 0 Å². The third-order valence-electron chi connectivity index (χ3n) is 4.91. The average Bonchev–Trinajstić information content (AvgIpc) is 3.48. The Morgan fingerprint density at radius 3 is 2.03 bits per heavy atom. The van der Waals surface area contributed by atoms with Crippen LogP contribution in [-0.2, 0) is 34.0 Å². The van der Waals surface area contributed by atoms with E-state index in [1.165, 1.54) is 4.88 Å². The number of hydrogen-bond acceptors (Lipinski definition) is 7. The first-order valence-corrected chi connectivity index (χ1v) is 11.3. The van der Waals surface area contributed by atoms with Crippen LogP contribution in [0.2, 0.25) is 0 Å². The number of thiophene rings is 1. The molecule has 0 atom stereocenters. The molecule has 0 radical (unpaired) electrons. The number of nitrogens with zero attached hydrogens (tertiary/aromatic N) is 4. The predicted molar refractivity (Wildman–Crippen MR) is 115 cm³/mol. The Morgan fingerprint density at radius 2 is 1.54 bits per heavy atom. The minimum Gasteiger partial charge on any atom is -0.475 e. The van der Waals surface area contributed by atoms with Crippen molar-refractivity contribution >= 4 is 29.2 Å². The highest BCUT2D eigenvalue weighted by atomic mass is 32.1. The molecule has 0 aromatic carbocycles. The molecule has 2 aliphatic heterocycles. The molecule has 37 heavy (non-hydrogen) atoms. The number of rotatable bonds is 3. The topological polar surface area (TPSA) is 125 Å². The molecule has 4 heterocycles. The first-order valence-electron chi connectivity index (χ1n) is 10.5. The number of carboxylic acid groups (broad SMARTS) is 2. The van der Waals surface area contributed by atoms with Crippen LogP contribution in [0, 0.1) is 0 Å². The molecular weight excluding hydrogens is 538 g/mol. The number of morpholine rings is 1. The summed E-state index contributed by atoms with van der Waals surface area (Å²) in [7, 11) is 0. The summed E-state index contributed by atoms with van der Waals surface area (Å²) in [4.78, 5) is 40.6. The summed E-state index contributed by atoms with van der Waals surface area (Å²) in [5, 5.41) is 16.4. The molecule has 2 aliphatic rings. The lowest BCUT2D eigenvalue weighted by Gasteiger charge is -2.30. The quantitative estimate of drug-likeness (QED) is 0.550. The largest absolute Gasteiger partial charge is 0.490 e. The maximum atomic E-state index is 12.7. The third kappa shape index (κ3) is 9.32. The van der Waals surface area contributed by atoms with Crippen molar-refractivity contribution in [2.75, 3.05) is 32.8 Å². The van der Waals surface area contributed by atoms with E-state index in [9.17, 15) is 31.1 Å². The zero-order chi connectivity index (χ0) is 27.8. The molecule has 10 nitrogen and oxygen atoms in total. The third-order valence-corrected chi connectivity index (χ3v) is 5.77. The first kappa shape index (κ1) is 30.0. The highest BCUT2D eigenvalue weighted by Gasteiger charge is 2.38. The van der Waals surface area contributed by atoms with E-state index in [0.29, 0.717) is 26.3 Å². The van der Waals surface area contributed by atoms with Crippen molar-refractivity contribution in [3.8, 4) is 0 Å². The number of aromatic nitrogens is 2. The van der Waals surface area contributed by atoms with Gasteiger partial charge in [0.1, 0.15) is 11.5 Å². The average molecular weight is 560 g/mol. The molecule has 17 heteroatoms. The highest BCUT2D eigenvalue weighted by molar-refractivity contribution is 7.09. The molecule has 0 saturated carbocycles. The number of carbonyl (C=O) groups excluding carboxylic acids is 1. The molecule has 2 N–H and O–H groups in total. The van der Waals surface area contributed by atoms with Crippen LogP contribution in [0.4, 0.5) is 26.3 Å². The van der Waals surface area contributed by atoms with Crippen LogP contribution in [0.15, 0.2) is 23.7 Å². The molecule has 2 aromatic heterocycles. The van der Waals surface area contributed by atoms with E-state index < -0.39 is 24.3 Å². The van der Waals surface area contributed by atoms with Crippen molar-refractivity contribution < 1.29 is 55.7 Å². The molecule has 1 amide bonds. The fraction of sp³-hybridized carbons (Fsp3) is 0.500. The van der Waals surface area contributed by atoms with Crippen LogP contribution in [0.3, 0.4) is 0 Å². The van der Waals surface area contributed by atoms with Gasteiger partial charge in [0.05, 0.1) is 26.0 Å². The van der Waals surface area contributed by atoms with E-state index in [4.69, 9.17) is 24.5 Å². The van der Waals surface area contributed by atoms with Crippen molar-refractivity contribution in [1.82, 2.24) is 19.4 Å². The van der Waals surface area contributed by atoms with E-state index in [0.717, 1.165) is 37.7 Å². The predicted octanol–water partition coefficient (Wildman–Crippen LogP) is 2.70. The van der Waals surface area contributed by atoms with Gasteiger partial charge in [-0.3, -0.25) is 9.69 Å². The van der Waals surface area contributed by atoms with Gasteiger partial charge in [0.25, 0.3) is 5.91 Å². The summed E-state index contributed by atoms with van der Waals surface area (Å²) in [6.45, 7) is 6.12. The van der Waals surface area contributed by atoms with Gasteiger partial charge in [0, 0.05) is 37.6 Å². The van der Waals surface area contributed by atoms with Gasteiger partial charge >= 0.3 is 24.3 Å². The van der Waals surface area contributed by atoms with Gasteiger partial charge in [-0.15, -0.1) is 11.3 Å². The second-order valence-corrected chi connectivity index (χ2v) is 8.54. The molecule has 2 aromatic rings. The second-order valence-electron chi connectivity index (χ2n) is 7.51. The Kier molecular flexibility index (Phi) is 10.4. The van der Waals surface area contributed by atoms with Crippen molar-refractivity contribution in [3.63, 3.8) is 0 Å². The zero-order valence-electron chi connectivity index (χ0n) is 19.0. The minimum absolute atomic E-state index is 0.0822. The van der Waals surface area contributed by atoms with Crippen LogP contribution in [0.25, 0.3) is 0 Å². The van der Waals surface area contributed by atoms with Gasteiger partial charge in [-0.1, -0.05) is 6.07 Å². The van der Waals surface area contributed by atoms with Crippen molar-refractivity contribution in [2.24, 2.45) is 0 Å². The summed E-state index contributed by atoms with van der Waals surface area (Å²) in [6, 6.07) is 4.25. The van der Waals surface area contributed by atoms with Gasteiger partial charge in [-0.05, 0) is 11.4 Å². The van der Waals surface area contributed by atoms with Crippen LogP contribution in [0.5, 0.6) is 0 Å². The van der Waals surface area contributed by atoms with Crippen LogP contribution in [0.1, 0.15) is 21.2 Å². The summed E-state index contributed by atoms with van der Waals surface area (Å²) < 4.78 is 70.9. The first-order chi connectivity index (χ1) is 17.2. The van der Waals surface area contributed by atoms with Crippen molar-refractivity contribution in [2.45, 2.75) is 32.0 Å². The molecule has 0 unspecified atom stereocenters. The molecule has 0 bridgehead atoms. The maximum Gasteiger partial charge on any atom is 0.490 e. The number of imidazole rings is 1. The fourth-order valence-electron chi connectivity index (χ4n) is 3.17. The number of carboxylic acids is 2. The summed E-state index contributed by atoms with van der Waals surface area (Å²) in [5.74, 6) is -4.44. The van der Waals surface area contributed by atoms with Gasteiger partial charge in [-0.25, -0.2) is 14.6 Å². The van der Waals surface area contributed by atoms with Gasteiger partial charge in [-0.2, -0.15) is 26.3 Å². The Hall–Kier alpha value is -3.18. The number of hydrogen-bond donors (Lipinski definition) is 2. The molecule has 1 saturated heterocycles. The molecule has 0 aliphatic carbocycles. The number of amides is 1. The molecular formula is C20H22F6N4O6S. The van der Waals surface area contributed by atoms with Crippen molar-refractivity contribution in [3.05, 3.63) is 40.1 Å². The monoisotopic (exact) mass is 560 g/mol. The Labute approximate surface area is 209 Å². The zero-order valence-corrected chi connectivity index (χ0v) is 19.8. The molecule has 1 fully saturated rings. The molecule has 0 spiro atoms. The molecule has 206 valence electrons. The Bertz CT molecular complexity index is 1030. The fourth-order valence-corrected chi connectivity index (χ4v) is 3.91. The number of halogens is 6. The Balaban J connectivity index is 0.000000286. The number of carbonyl (C=O) groups is 3. The van der Waals surface area contributed by atoms with Crippen LogP contribution < -0.4 is 0 Å². The van der Waals surface area contributed by atoms with E-state index in [-0.39, 0.29) is 5.91 Å². The second kappa shape index (κ2) is 12.9. The smallest absolute Gasteiger partial charge is 0.475 e. The van der Waals surface area contributed by atoms with Crippen LogP contribution in [-0.4, -0.2) is 92.6 Å². The lowest BCUT2D eigenvalue weighted by atomic mass is 10.3. The standard InChI is InChI=1S/C16H20N4O2S.2C2HF3O2/c21-16(19-5-7-22-8-6-19)14-10-17-15-12-18(3-4-20(14)15)11-13-2-1-9-23-13;2*3-2(4,5)1(6)7/h1-2,9-10H,3-8,11-12H2;2*(H,6,7). The van der Waals surface area contributed by atoms with E-state index in [1.807, 2.05) is 4.90 Å². The Morgan fingerprint density at radius 1 is 0.973 bits per heavy atom. The SMILES string of the molecule is O=C(O)C(F)(F)F.O=C(O)C(F)(F)F.O=C(c1cnc2n1CCN(Cc1cccs1)C2)N1CCOCC1. The van der Waals surface area contributed by atoms with Crippen LogP contribution >= 0.6 is 11.3 Å². The lowest BCUT2D eigenvalue weighted by molar-refractivity contribution is -0.193. The van der Waals surface area contributed by atoms with E-state index in [1.54, 1.807) is 17.5 Å². The summed E-state index contributed by atoms with van der Waals surface area (Å²) in [5.41, 5.74) is 0.720. The number of ether oxygens (including phenoxy) is 1. The molecule has 4 rings (SSSR count). The van der Waals surface area contributed by atoms with Gasteiger partial charge in [0.15, 0.2) is 0 Å². The van der Waals surface area contributed by atoms with E-state index >= 15 is 0 Å². The maximum absolute atomic E-state index is 12.7. The normalized spacial score (nSPS) is 16.0. The highest BCUT2D eigenvalue weighted by Crippen LogP contribution is 2.20. The minimum atomic E-state index is -5.08. The number of fused-ring (bicyclic) bond motifs is 1. The summed E-state index contributed by atoms with van der Waals surface area (Å²) >= 11 is 1.79. The van der Waals surface area contributed by atoms with Gasteiger partial charge < -0.3 is 24.4 Å².